The summed E-state index contributed by atoms with van der Waals surface area (Å²) in [7, 11) is 0. The highest BCUT2D eigenvalue weighted by Gasteiger charge is 2.45. The third-order valence-electron chi connectivity index (χ3n) is 8.79. The number of halogens is 4. The zero-order valence-corrected chi connectivity index (χ0v) is 25.8. The minimum absolute atomic E-state index is 0.0124. The van der Waals surface area contributed by atoms with Crippen molar-refractivity contribution < 1.29 is 27.1 Å². The number of hydrogen-bond donors (Lipinski definition) is 1. The van der Waals surface area contributed by atoms with E-state index in [2.05, 4.69) is 16.5 Å². The maximum absolute atomic E-state index is 15.1. The Bertz CT molecular complexity index is 2020. The molecule has 1 spiro atoms. The first kappa shape index (κ1) is 30.0. The van der Waals surface area contributed by atoms with E-state index in [0.717, 1.165) is 12.1 Å². The Labute approximate surface area is 261 Å². The number of hydrogen-bond acceptors (Lipinski definition) is 8. The van der Waals surface area contributed by atoms with Crippen LogP contribution in [0.15, 0.2) is 45.3 Å². The number of thiazole rings is 1. The number of anilines is 1. The van der Waals surface area contributed by atoms with Crippen LogP contribution in [-0.2, 0) is 22.3 Å². The van der Waals surface area contributed by atoms with Crippen molar-refractivity contribution in [3.05, 3.63) is 62.4 Å². The van der Waals surface area contributed by atoms with Gasteiger partial charge in [0.25, 0.3) is 0 Å². The van der Waals surface area contributed by atoms with Gasteiger partial charge in [0.2, 0.25) is 5.91 Å². The normalized spacial score (nSPS) is 21.3. The van der Waals surface area contributed by atoms with Gasteiger partial charge in [-0.25, -0.2) is 9.18 Å². The lowest BCUT2D eigenvalue weighted by Crippen LogP contribution is -2.58. The summed E-state index contributed by atoms with van der Waals surface area (Å²) < 4.78 is 67.0. The highest BCUT2D eigenvalue weighted by Crippen LogP contribution is 2.52. The Balaban J connectivity index is 1.55. The van der Waals surface area contributed by atoms with E-state index in [4.69, 9.17) is 4.74 Å². The van der Waals surface area contributed by atoms with E-state index in [-0.39, 0.29) is 75.1 Å². The molecule has 15 heteroatoms. The van der Waals surface area contributed by atoms with Gasteiger partial charge in [-0.05, 0) is 38.1 Å². The maximum atomic E-state index is 15.1. The minimum atomic E-state index is -4.87. The molecule has 0 saturated carbocycles. The number of carbonyl (C=O) groups excluding carboxylic acids is 1. The lowest BCUT2D eigenvalue weighted by atomic mass is 9.88. The molecule has 45 heavy (non-hydrogen) atoms. The molecule has 2 fully saturated rings. The van der Waals surface area contributed by atoms with Crippen LogP contribution in [0.4, 0.5) is 23.4 Å². The van der Waals surface area contributed by atoms with Gasteiger partial charge in [0.05, 0.1) is 34.5 Å². The summed E-state index contributed by atoms with van der Waals surface area (Å²) >= 11 is 1.78. The minimum Gasteiger partial charge on any atom is -0.380 e. The molecule has 2 atom stereocenters. The molecule has 7 rings (SSSR count). The molecule has 3 aliphatic heterocycles. The van der Waals surface area contributed by atoms with Gasteiger partial charge < -0.3 is 19.5 Å². The van der Waals surface area contributed by atoms with Gasteiger partial charge in [-0.1, -0.05) is 17.9 Å². The van der Waals surface area contributed by atoms with Crippen LogP contribution in [0.3, 0.4) is 0 Å². The lowest BCUT2D eigenvalue weighted by Gasteiger charge is -2.44. The number of aromatic amines is 1. The number of ether oxygens (including phenoxy) is 1. The second-order valence-corrected chi connectivity index (χ2v) is 13.9. The standard InChI is InChI=1S/C30H27F4N5O4S2/c1-4-20(40)39-14(2)8-37(9-15(39)3)26-17-7-18(30(32,33)34)21(16-5-6-19(31)24-22(16)35-28(42)45-24)25-23(17)38(27(41)36-26)10-29(13-44-25)11-43-12-29/h4-7,14-15H,1,8-13H2,2-3H3,(H,35,42)/t14-,15+. The molecule has 5 heterocycles. The van der Waals surface area contributed by atoms with Crippen LogP contribution in [0.2, 0.25) is 0 Å². The first-order chi connectivity index (χ1) is 21.3. The van der Waals surface area contributed by atoms with Gasteiger partial charge in [0, 0.05) is 64.3 Å². The number of nitrogens with one attached hydrogen (secondary N) is 1. The first-order valence-corrected chi connectivity index (χ1v) is 16.0. The van der Waals surface area contributed by atoms with E-state index in [1.165, 1.54) is 28.5 Å². The number of H-pyrrole nitrogens is 1. The SMILES string of the molecule is C=CC(=O)N1[C@H](C)CN(c2nc(=O)n3c4c(c(-c5ccc(F)c6sc(=O)[nH]c56)c(C(F)(F)F)cc24)SCC2(COC2)C3)C[C@@H]1C. The zero-order chi connectivity index (χ0) is 32.0. The Morgan fingerprint density at radius 2 is 1.91 bits per heavy atom. The average Bonchev–Trinajstić information content (AvgIpc) is 3.25. The van der Waals surface area contributed by atoms with Gasteiger partial charge in [0.15, 0.2) is 0 Å². The van der Waals surface area contributed by atoms with Crippen LogP contribution >= 0.6 is 23.1 Å². The van der Waals surface area contributed by atoms with E-state index in [0.29, 0.717) is 35.8 Å². The number of nitrogens with zero attached hydrogens (tertiary/aromatic N) is 4. The first-order valence-electron chi connectivity index (χ1n) is 14.2. The monoisotopic (exact) mass is 661 g/mol. The number of aromatic nitrogens is 3. The number of benzene rings is 2. The molecule has 2 aromatic carbocycles. The van der Waals surface area contributed by atoms with Crippen molar-refractivity contribution in [1.29, 1.82) is 0 Å². The lowest BCUT2D eigenvalue weighted by molar-refractivity contribution is -0.137. The number of fused-ring (bicyclic) bond motifs is 1. The molecule has 3 aliphatic rings. The molecule has 1 amide bonds. The average molecular weight is 662 g/mol. The predicted molar refractivity (Wildman–Crippen MR) is 165 cm³/mol. The number of piperazine rings is 1. The van der Waals surface area contributed by atoms with Crippen molar-refractivity contribution in [2.75, 3.05) is 37.0 Å². The number of thioether (sulfide) groups is 1. The van der Waals surface area contributed by atoms with Gasteiger partial charge >= 0.3 is 16.7 Å². The third kappa shape index (κ3) is 4.69. The summed E-state index contributed by atoms with van der Waals surface area (Å²) in [5.74, 6) is -0.519. The van der Waals surface area contributed by atoms with E-state index >= 15 is 13.2 Å². The van der Waals surface area contributed by atoms with Gasteiger partial charge in [-0.2, -0.15) is 18.2 Å². The number of amides is 1. The van der Waals surface area contributed by atoms with Crippen LogP contribution in [0.5, 0.6) is 0 Å². The molecular formula is C30H27F4N5O4S2. The summed E-state index contributed by atoms with van der Waals surface area (Å²) in [6, 6.07) is 2.62. The summed E-state index contributed by atoms with van der Waals surface area (Å²) in [6.07, 6.45) is -3.64. The molecule has 236 valence electrons. The van der Waals surface area contributed by atoms with Gasteiger partial charge in [-0.15, -0.1) is 11.8 Å². The second-order valence-electron chi connectivity index (χ2n) is 12.0. The molecule has 0 bridgehead atoms. The highest BCUT2D eigenvalue weighted by molar-refractivity contribution is 7.99. The van der Waals surface area contributed by atoms with Crippen molar-refractivity contribution >= 4 is 55.9 Å². The second kappa shape index (κ2) is 10.4. The van der Waals surface area contributed by atoms with Crippen molar-refractivity contribution in [3.8, 4) is 11.1 Å². The summed E-state index contributed by atoms with van der Waals surface area (Å²) in [5, 5.41) is 0.144. The van der Waals surface area contributed by atoms with E-state index < -0.39 is 33.5 Å². The van der Waals surface area contributed by atoms with E-state index in [9.17, 15) is 18.8 Å². The van der Waals surface area contributed by atoms with Crippen LogP contribution in [0.1, 0.15) is 19.4 Å². The van der Waals surface area contributed by atoms with Crippen LogP contribution in [-0.4, -0.2) is 69.5 Å². The molecule has 2 saturated heterocycles. The fourth-order valence-corrected chi connectivity index (χ4v) is 9.03. The Kier molecular flexibility index (Phi) is 6.95. The molecule has 0 radical (unpaired) electrons. The van der Waals surface area contributed by atoms with Crippen molar-refractivity contribution in [1.82, 2.24) is 19.4 Å². The topological polar surface area (TPSA) is 101 Å². The predicted octanol–water partition coefficient (Wildman–Crippen LogP) is 4.86. The number of alkyl halides is 3. The molecule has 0 aliphatic carbocycles. The van der Waals surface area contributed by atoms with Crippen LogP contribution in [0.25, 0.3) is 32.2 Å². The Morgan fingerprint density at radius 1 is 1.20 bits per heavy atom. The fraction of sp³-hybridized carbons (Fsp3) is 0.400. The molecule has 2 aromatic heterocycles. The Hall–Kier alpha value is -3.69. The van der Waals surface area contributed by atoms with Crippen LogP contribution < -0.4 is 15.5 Å². The number of carbonyl (C=O) groups is 1. The fourth-order valence-electron chi connectivity index (χ4n) is 6.83. The summed E-state index contributed by atoms with van der Waals surface area (Å²) in [4.78, 5) is 48.6. The smallest absolute Gasteiger partial charge is 0.380 e. The molecule has 1 N–H and O–H groups in total. The number of rotatable bonds is 3. The zero-order valence-electron chi connectivity index (χ0n) is 24.2. The maximum Gasteiger partial charge on any atom is 0.417 e. The van der Waals surface area contributed by atoms with Gasteiger partial charge in [-0.3, -0.25) is 14.2 Å². The van der Waals surface area contributed by atoms with Crippen molar-refractivity contribution in [3.63, 3.8) is 0 Å². The van der Waals surface area contributed by atoms with E-state index in [1.54, 1.807) is 9.80 Å². The third-order valence-corrected chi connectivity index (χ3v) is 11.1. The molecule has 4 aromatic rings. The Morgan fingerprint density at radius 3 is 2.53 bits per heavy atom. The molecule has 0 unspecified atom stereocenters. The van der Waals surface area contributed by atoms with Crippen molar-refractivity contribution in [2.45, 2.75) is 43.5 Å². The summed E-state index contributed by atoms with van der Waals surface area (Å²) in [6.45, 7) is 8.54. The van der Waals surface area contributed by atoms with Crippen molar-refractivity contribution in [2.24, 2.45) is 5.41 Å². The highest BCUT2D eigenvalue weighted by atomic mass is 32.2. The quantitative estimate of drug-likeness (QED) is 0.247. The summed E-state index contributed by atoms with van der Waals surface area (Å²) in [5.41, 5.74) is -2.06. The largest absolute Gasteiger partial charge is 0.417 e. The molecule has 9 nitrogen and oxygen atoms in total. The molecular weight excluding hydrogens is 634 g/mol. The van der Waals surface area contributed by atoms with Crippen LogP contribution in [0, 0.1) is 11.2 Å². The van der Waals surface area contributed by atoms with E-state index in [1.807, 2.05) is 13.8 Å². The van der Waals surface area contributed by atoms with Gasteiger partial charge in [0.1, 0.15) is 11.6 Å².